The minimum atomic E-state index is -0.517. The van der Waals surface area contributed by atoms with Gasteiger partial charge in [0.15, 0.2) is 11.6 Å². The van der Waals surface area contributed by atoms with Gasteiger partial charge in [-0.2, -0.15) is 0 Å². The number of nitrogens with zero attached hydrogens (tertiary/aromatic N) is 6. The van der Waals surface area contributed by atoms with Gasteiger partial charge in [0.05, 0.1) is 24.6 Å². The van der Waals surface area contributed by atoms with Gasteiger partial charge in [0.2, 0.25) is 5.95 Å². The SMILES string of the molecule is CCN1CCN(c2ccc(Nc3ncc(F)c(-c4ccc(CN5CCCC5)o4)n3)nc2)CC1. The summed E-state index contributed by atoms with van der Waals surface area (Å²) < 4.78 is 20.4. The van der Waals surface area contributed by atoms with Crippen LogP contribution < -0.4 is 10.2 Å². The highest BCUT2D eigenvalue weighted by Crippen LogP contribution is 2.26. The molecule has 0 atom stereocenters. The number of halogens is 1. The molecular weight excluding hydrogens is 421 g/mol. The standard InChI is InChI=1S/C24H30FN7O/c1-2-30-11-13-32(14-12-30)18-5-8-22(26-15-18)28-24-27-16-20(25)23(29-24)21-7-6-19(33-21)17-31-9-3-4-10-31/h5-8,15-16H,2-4,9-14,17H2,1H3,(H,26,27,28,29). The normalized spacial score (nSPS) is 17.6. The maximum Gasteiger partial charge on any atom is 0.229 e. The quantitative estimate of drug-likeness (QED) is 0.582. The van der Waals surface area contributed by atoms with Gasteiger partial charge in [0.1, 0.15) is 17.3 Å². The zero-order valence-corrected chi connectivity index (χ0v) is 19.0. The van der Waals surface area contributed by atoms with Gasteiger partial charge in [0, 0.05) is 26.2 Å². The summed E-state index contributed by atoms with van der Waals surface area (Å²) in [7, 11) is 0. The average molecular weight is 452 g/mol. The Morgan fingerprint density at radius 2 is 1.76 bits per heavy atom. The summed E-state index contributed by atoms with van der Waals surface area (Å²) in [6.45, 7) is 10.3. The topological polar surface area (TPSA) is 73.6 Å². The second kappa shape index (κ2) is 9.84. The number of likely N-dealkylation sites (N-methyl/N-ethyl adjacent to an activating group) is 1. The van der Waals surface area contributed by atoms with Crippen molar-refractivity contribution in [3.8, 4) is 11.5 Å². The number of pyridine rings is 1. The number of hydrogen-bond donors (Lipinski definition) is 1. The van der Waals surface area contributed by atoms with E-state index in [9.17, 15) is 4.39 Å². The highest BCUT2D eigenvalue weighted by Gasteiger charge is 2.18. The third kappa shape index (κ3) is 5.15. The van der Waals surface area contributed by atoms with Crippen molar-refractivity contribution in [2.75, 3.05) is 56.0 Å². The summed E-state index contributed by atoms with van der Waals surface area (Å²) in [6, 6.07) is 7.60. The van der Waals surface area contributed by atoms with Crippen LogP contribution in [0.5, 0.6) is 0 Å². The van der Waals surface area contributed by atoms with E-state index in [0.29, 0.717) is 11.6 Å². The number of likely N-dealkylation sites (tertiary alicyclic amines) is 1. The molecule has 2 aliphatic rings. The number of hydrogen-bond acceptors (Lipinski definition) is 8. The lowest BCUT2D eigenvalue weighted by Gasteiger charge is -2.35. The fraction of sp³-hybridized carbons (Fsp3) is 0.458. The number of aromatic nitrogens is 3. The van der Waals surface area contributed by atoms with Gasteiger partial charge in [-0.05, 0) is 56.7 Å². The summed E-state index contributed by atoms with van der Waals surface area (Å²) in [5.41, 5.74) is 1.24. The minimum Gasteiger partial charge on any atom is -0.458 e. The second-order valence-electron chi connectivity index (χ2n) is 8.59. The predicted octanol–water partition coefficient (Wildman–Crippen LogP) is 3.75. The van der Waals surface area contributed by atoms with E-state index >= 15 is 0 Å². The summed E-state index contributed by atoms with van der Waals surface area (Å²) in [6.07, 6.45) is 5.45. The Morgan fingerprint density at radius 1 is 0.939 bits per heavy atom. The molecule has 0 spiro atoms. The zero-order valence-electron chi connectivity index (χ0n) is 19.0. The number of nitrogens with one attached hydrogen (secondary N) is 1. The first-order chi connectivity index (χ1) is 16.2. The van der Waals surface area contributed by atoms with Crippen molar-refractivity contribution >= 4 is 17.5 Å². The molecule has 33 heavy (non-hydrogen) atoms. The average Bonchev–Trinajstić information content (AvgIpc) is 3.54. The fourth-order valence-corrected chi connectivity index (χ4v) is 4.44. The molecule has 2 aliphatic heterocycles. The highest BCUT2D eigenvalue weighted by molar-refractivity contribution is 5.58. The van der Waals surface area contributed by atoms with Crippen molar-refractivity contribution in [2.45, 2.75) is 26.3 Å². The van der Waals surface area contributed by atoms with Crippen LogP contribution in [0.2, 0.25) is 0 Å². The van der Waals surface area contributed by atoms with E-state index < -0.39 is 5.82 Å². The molecule has 2 fully saturated rings. The second-order valence-corrected chi connectivity index (χ2v) is 8.59. The van der Waals surface area contributed by atoms with Crippen molar-refractivity contribution in [1.82, 2.24) is 24.8 Å². The molecule has 3 aromatic rings. The third-order valence-corrected chi connectivity index (χ3v) is 6.39. The molecule has 5 heterocycles. The van der Waals surface area contributed by atoms with Crippen LogP contribution in [0.25, 0.3) is 11.5 Å². The Bertz CT molecular complexity index is 1060. The minimum absolute atomic E-state index is 0.144. The van der Waals surface area contributed by atoms with Crippen LogP contribution in [0.1, 0.15) is 25.5 Å². The summed E-state index contributed by atoms with van der Waals surface area (Å²) >= 11 is 0. The Hall–Kier alpha value is -3.04. The molecule has 0 amide bonds. The van der Waals surface area contributed by atoms with E-state index in [4.69, 9.17) is 4.42 Å². The number of furan rings is 1. The van der Waals surface area contributed by atoms with Gasteiger partial charge in [-0.1, -0.05) is 6.92 Å². The summed E-state index contributed by atoms with van der Waals surface area (Å²) in [5, 5.41) is 3.08. The molecule has 0 aliphatic carbocycles. The highest BCUT2D eigenvalue weighted by atomic mass is 19.1. The Morgan fingerprint density at radius 3 is 2.48 bits per heavy atom. The molecule has 0 aromatic carbocycles. The molecule has 9 heteroatoms. The van der Waals surface area contributed by atoms with E-state index in [1.165, 1.54) is 12.8 Å². The van der Waals surface area contributed by atoms with Gasteiger partial charge < -0.3 is 19.5 Å². The fourth-order valence-electron chi connectivity index (χ4n) is 4.44. The molecule has 0 radical (unpaired) electrons. The molecule has 2 saturated heterocycles. The molecule has 5 rings (SSSR count). The van der Waals surface area contributed by atoms with Gasteiger partial charge >= 0.3 is 0 Å². The zero-order chi connectivity index (χ0) is 22.6. The molecule has 174 valence electrons. The molecule has 1 N–H and O–H groups in total. The predicted molar refractivity (Wildman–Crippen MR) is 126 cm³/mol. The smallest absolute Gasteiger partial charge is 0.229 e. The van der Waals surface area contributed by atoms with Crippen molar-refractivity contribution < 1.29 is 8.81 Å². The van der Waals surface area contributed by atoms with Crippen molar-refractivity contribution in [2.24, 2.45) is 0 Å². The first kappa shape index (κ1) is 21.8. The van der Waals surface area contributed by atoms with E-state index in [1.807, 2.05) is 24.4 Å². The molecule has 8 nitrogen and oxygen atoms in total. The Balaban J connectivity index is 1.25. The van der Waals surface area contributed by atoms with Crippen LogP contribution in [-0.4, -0.2) is 70.6 Å². The number of rotatable bonds is 7. The largest absolute Gasteiger partial charge is 0.458 e. The maximum atomic E-state index is 14.5. The Labute approximate surface area is 193 Å². The lowest BCUT2D eigenvalue weighted by Crippen LogP contribution is -2.46. The maximum absolute atomic E-state index is 14.5. The van der Waals surface area contributed by atoms with Crippen molar-refractivity contribution in [1.29, 1.82) is 0 Å². The van der Waals surface area contributed by atoms with Crippen molar-refractivity contribution in [3.63, 3.8) is 0 Å². The van der Waals surface area contributed by atoms with E-state index in [2.05, 4.69) is 41.9 Å². The van der Waals surface area contributed by atoms with E-state index in [-0.39, 0.29) is 11.6 Å². The lowest BCUT2D eigenvalue weighted by molar-refractivity contribution is 0.271. The van der Waals surface area contributed by atoms with Gasteiger partial charge in [-0.15, -0.1) is 0 Å². The number of anilines is 3. The van der Waals surface area contributed by atoms with Gasteiger partial charge in [-0.3, -0.25) is 4.90 Å². The Kier molecular flexibility index (Phi) is 6.50. The first-order valence-corrected chi connectivity index (χ1v) is 11.7. The molecule has 3 aromatic heterocycles. The molecule has 0 unspecified atom stereocenters. The van der Waals surface area contributed by atoms with Crippen LogP contribution >= 0.6 is 0 Å². The number of piperazine rings is 1. The monoisotopic (exact) mass is 451 g/mol. The molecule has 0 bridgehead atoms. The summed E-state index contributed by atoms with van der Waals surface area (Å²) in [4.78, 5) is 20.1. The third-order valence-electron chi connectivity index (χ3n) is 6.39. The molecule has 0 saturated carbocycles. The van der Waals surface area contributed by atoms with Crippen LogP contribution in [0.4, 0.5) is 21.8 Å². The van der Waals surface area contributed by atoms with E-state index in [0.717, 1.165) is 70.0 Å². The molecular formula is C24H30FN7O. The lowest BCUT2D eigenvalue weighted by atomic mass is 10.2. The van der Waals surface area contributed by atoms with Crippen molar-refractivity contribution in [3.05, 3.63) is 48.2 Å². The van der Waals surface area contributed by atoms with Gasteiger partial charge in [0.25, 0.3) is 0 Å². The van der Waals surface area contributed by atoms with Crippen LogP contribution in [-0.2, 0) is 6.54 Å². The van der Waals surface area contributed by atoms with Crippen LogP contribution in [0, 0.1) is 5.82 Å². The van der Waals surface area contributed by atoms with Crippen LogP contribution in [0.15, 0.2) is 41.1 Å². The van der Waals surface area contributed by atoms with Gasteiger partial charge in [-0.25, -0.2) is 19.3 Å². The summed E-state index contributed by atoms with van der Waals surface area (Å²) in [5.74, 6) is 1.59. The first-order valence-electron chi connectivity index (χ1n) is 11.7. The van der Waals surface area contributed by atoms with E-state index in [1.54, 1.807) is 6.07 Å². The van der Waals surface area contributed by atoms with Crippen LogP contribution in [0.3, 0.4) is 0 Å².